The first-order chi connectivity index (χ1) is 8.56. The molecular formula is C12H11Cl2N3O. The summed E-state index contributed by atoms with van der Waals surface area (Å²) in [5, 5.41) is 12.7. The lowest BCUT2D eigenvalue weighted by Crippen LogP contribution is -2.02. The quantitative estimate of drug-likeness (QED) is 0.871. The monoisotopic (exact) mass is 283 g/mol. The van der Waals surface area contributed by atoms with E-state index in [1.165, 1.54) is 0 Å². The van der Waals surface area contributed by atoms with Crippen LogP contribution in [0.15, 0.2) is 22.7 Å². The largest absolute Gasteiger partial charge is 0.340 e. The predicted molar refractivity (Wildman–Crippen MR) is 70.6 cm³/mol. The number of nitrogens with zero attached hydrogens (tertiary/aromatic N) is 2. The van der Waals surface area contributed by atoms with Crippen molar-refractivity contribution in [1.82, 2.24) is 10.1 Å². The van der Waals surface area contributed by atoms with Crippen LogP contribution in [0.25, 0.3) is 0 Å². The second-order valence-electron chi connectivity index (χ2n) is 3.84. The average Bonchev–Trinajstić information content (AvgIpc) is 2.75. The molecule has 0 fully saturated rings. The lowest BCUT2D eigenvalue weighted by molar-refractivity contribution is 0.387. The Morgan fingerprint density at radius 3 is 2.72 bits per heavy atom. The van der Waals surface area contributed by atoms with E-state index in [0.29, 0.717) is 40.3 Å². The summed E-state index contributed by atoms with van der Waals surface area (Å²) in [4.78, 5) is 4.09. The first-order valence-corrected chi connectivity index (χ1v) is 6.14. The third-order valence-corrected chi connectivity index (χ3v) is 3.18. The number of nitrogens with one attached hydrogen (secondary N) is 1. The Morgan fingerprint density at radius 2 is 2.11 bits per heavy atom. The van der Waals surface area contributed by atoms with E-state index in [9.17, 15) is 0 Å². The van der Waals surface area contributed by atoms with E-state index in [0.717, 1.165) is 5.56 Å². The molecule has 1 aromatic carbocycles. The van der Waals surface area contributed by atoms with Crippen LogP contribution < -0.4 is 0 Å². The summed E-state index contributed by atoms with van der Waals surface area (Å²) in [5.74, 6) is 1.14. The van der Waals surface area contributed by atoms with Crippen molar-refractivity contribution in [2.45, 2.75) is 19.8 Å². The van der Waals surface area contributed by atoms with Gasteiger partial charge in [-0.2, -0.15) is 4.98 Å². The van der Waals surface area contributed by atoms with Crippen LogP contribution >= 0.6 is 23.2 Å². The summed E-state index contributed by atoms with van der Waals surface area (Å²) in [6, 6.07) is 5.15. The smallest absolute Gasteiger partial charge is 0.223 e. The fourth-order valence-electron chi connectivity index (χ4n) is 1.51. The van der Waals surface area contributed by atoms with Gasteiger partial charge in [0.1, 0.15) is 0 Å². The van der Waals surface area contributed by atoms with Crippen molar-refractivity contribution in [1.29, 1.82) is 5.41 Å². The molecule has 2 rings (SSSR count). The maximum Gasteiger partial charge on any atom is 0.223 e. The molecule has 0 atom stereocenters. The van der Waals surface area contributed by atoms with Gasteiger partial charge in [0.05, 0.1) is 10.0 Å². The molecule has 1 aromatic heterocycles. The fourth-order valence-corrected chi connectivity index (χ4v) is 1.81. The van der Waals surface area contributed by atoms with Gasteiger partial charge in [-0.25, -0.2) is 0 Å². The SMILES string of the molecule is Cc1nc(CCC(=N)c2ccc(Cl)c(Cl)c2)no1. The molecule has 0 spiro atoms. The first-order valence-electron chi connectivity index (χ1n) is 5.38. The molecule has 0 saturated heterocycles. The summed E-state index contributed by atoms with van der Waals surface area (Å²) < 4.78 is 4.87. The maximum atomic E-state index is 7.97. The molecule has 0 saturated carbocycles. The number of aryl methyl sites for hydroxylation is 2. The van der Waals surface area contributed by atoms with Gasteiger partial charge in [-0.15, -0.1) is 0 Å². The second kappa shape index (κ2) is 5.50. The molecule has 1 heterocycles. The van der Waals surface area contributed by atoms with E-state index < -0.39 is 0 Å². The van der Waals surface area contributed by atoms with Gasteiger partial charge >= 0.3 is 0 Å². The van der Waals surface area contributed by atoms with Crippen LogP contribution in [0.5, 0.6) is 0 Å². The van der Waals surface area contributed by atoms with Gasteiger partial charge in [0, 0.05) is 19.1 Å². The summed E-state index contributed by atoms with van der Waals surface area (Å²) in [5.41, 5.74) is 1.22. The topological polar surface area (TPSA) is 62.8 Å². The molecule has 0 aliphatic rings. The summed E-state index contributed by atoms with van der Waals surface area (Å²) in [6.45, 7) is 1.74. The van der Waals surface area contributed by atoms with Gasteiger partial charge < -0.3 is 9.93 Å². The Bertz CT molecular complexity index is 580. The molecule has 0 radical (unpaired) electrons. The number of hydrogen-bond donors (Lipinski definition) is 1. The highest BCUT2D eigenvalue weighted by molar-refractivity contribution is 6.42. The van der Waals surface area contributed by atoms with E-state index in [1.54, 1.807) is 25.1 Å². The van der Waals surface area contributed by atoms with Crippen molar-refractivity contribution in [3.8, 4) is 0 Å². The predicted octanol–water partition coefficient (Wildman–Crippen LogP) is 3.69. The molecule has 0 aliphatic heterocycles. The van der Waals surface area contributed by atoms with Crippen molar-refractivity contribution < 1.29 is 4.52 Å². The Morgan fingerprint density at radius 1 is 1.33 bits per heavy atom. The molecule has 94 valence electrons. The molecule has 0 unspecified atom stereocenters. The van der Waals surface area contributed by atoms with Gasteiger partial charge in [0.2, 0.25) is 5.89 Å². The zero-order valence-electron chi connectivity index (χ0n) is 9.70. The van der Waals surface area contributed by atoms with Crippen LogP contribution in [-0.2, 0) is 6.42 Å². The van der Waals surface area contributed by atoms with Crippen LogP contribution in [0.4, 0.5) is 0 Å². The molecule has 0 aliphatic carbocycles. The summed E-state index contributed by atoms with van der Waals surface area (Å²) >= 11 is 11.7. The van der Waals surface area contributed by atoms with Gasteiger partial charge in [-0.1, -0.05) is 34.4 Å². The molecule has 1 N–H and O–H groups in total. The standard InChI is InChI=1S/C12H11Cl2N3O/c1-7-16-12(17-18-7)5-4-11(15)8-2-3-9(13)10(14)6-8/h2-3,6,15H,4-5H2,1H3. The molecule has 18 heavy (non-hydrogen) atoms. The molecule has 0 bridgehead atoms. The summed E-state index contributed by atoms with van der Waals surface area (Å²) in [7, 11) is 0. The van der Waals surface area contributed by atoms with Crippen LogP contribution in [0.1, 0.15) is 23.7 Å². The highest BCUT2D eigenvalue weighted by Crippen LogP contribution is 2.23. The number of halogens is 2. The van der Waals surface area contributed by atoms with E-state index >= 15 is 0 Å². The number of benzene rings is 1. The van der Waals surface area contributed by atoms with Gasteiger partial charge in [-0.3, -0.25) is 0 Å². The van der Waals surface area contributed by atoms with E-state index in [-0.39, 0.29) is 0 Å². The lowest BCUT2D eigenvalue weighted by atomic mass is 10.1. The zero-order chi connectivity index (χ0) is 13.1. The minimum absolute atomic E-state index is 0.453. The molecular weight excluding hydrogens is 273 g/mol. The molecule has 0 amide bonds. The Labute approximate surface area is 114 Å². The van der Waals surface area contributed by atoms with Crippen LogP contribution in [0, 0.1) is 12.3 Å². The zero-order valence-corrected chi connectivity index (χ0v) is 11.2. The second-order valence-corrected chi connectivity index (χ2v) is 4.65. The van der Waals surface area contributed by atoms with Crippen molar-refractivity contribution >= 4 is 28.9 Å². The lowest BCUT2D eigenvalue weighted by Gasteiger charge is -2.04. The van der Waals surface area contributed by atoms with Gasteiger partial charge in [0.15, 0.2) is 5.82 Å². The normalized spacial score (nSPS) is 10.6. The third kappa shape index (κ3) is 3.09. The number of hydrogen-bond acceptors (Lipinski definition) is 4. The minimum atomic E-state index is 0.453. The van der Waals surface area contributed by atoms with Crippen LogP contribution in [-0.4, -0.2) is 15.9 Å². The highest BCUT2D eigenvalue weighted by Gasteiger charge is 2.08. The van der Waals surface area contributed by atoms with Crippen LogP contribution in [0.2, 0.25) is 10.0 Å². The van der Waals surface area contributed by atoms with Crippen molar-refractivity contribution in [2.75, 3.05) is 0 Å². The average molecular weight is 284 g/mol. The fraction of sp³-hybridized carbons (Fsp3) is 0.250. The number of rotatable bonds is 4. The minimum Gasteiger partial charge on any atom is -0.340 e. The Kier molecular flexibility index (Phi) is 3.99. The van der Waals surface area contributed by atoms with E-state index in [2.05, 4.69) is 10.1 Å². The molecule has 6 heteroatoms. The van der Waals surface area contributed by atoms with Gasteiger partial charge in [-0.05, 0) is 24.1 Å². The van der Waals surface area contributed by atoms with Crippen molar-refractivity contribution in [3.63, 3.8) is 0 Å². The van der Waals surface area contributed by atoms with Gasteiger partial charge in [0.25, 0.3) is 0 Å². The molecule has 4 nitrogen and oxygen atoms in total. The Hall–Kier alpha value is -1.39. The Balaban J connectivity index is 2.01. The summed E-state index contributed by atoms with van der Waals surface area (Å²) in [6.07, 6.45) is 1.09. The van der Waals surface area contributed by atoms with Crippen molar-refractivity contribution in [2.24, 2.45) is 0 Å². The van der Waals surface area contributed by atoms with Crippen molar-refractivity contribution in [3.05, 3.63) is 45.5 Å². The third-order valence-electron chi connectivity index (χ3n) is 2.44. The number of aromatic nitrogens is 2. The van der Waals surface area contributed by atoms with E-state index in [1.807, 2.05) is 0 Å². The highest BCUT2D eigenvalue weighted by atomic mass is 35.5. The maximum absolute atomic E-state index is 7.97. The van der Waals surface area contributed by atoms with E-state index in [4.69, 9.17) is 33.1 Å². The first kappa shape index (κ1) is 13.1. The molecule has 2 aromatic rings. The van der Waals surface area contributed by atoms with Crippen LogP contribution in [0.3, 0.4) is 0 Å².